The van der Waals surface area contributed by atoms with E-state index in [4.69, 9.17) is 9.47 Å². The first-order chi connectivity index (χ1) is 16.0. The predicted octanol–water partition coefficient (Wildman–Crippen LogP) is 6.05. The van der Waals surface area contributed by atoms with Gasteiger partial charge in [-0.1, -0.05) is 24.3 Å². The maximum atomic E-state index is 13.6. The van der Waals surface area contributed by atoms with Crippen LogP contribution in [-0.4, -0.2) is 24.2 Å². The summed E-state index contributed by atoms with van der Waals surface area (Å²) in [7, 11) is 1.70. The number of allylic oxidation sites excluding steroid dienone is 2. The Morgan fingerprint density at radius 2 is 2.09 bits per heavy atom. The van der Waals surface area contributed by atoms with E-state index in [0.717, 1.165) is 42.5 Å². The molecule has 0 amide bonds. The summed E-state index contributed by atoms with van der Waals surface area (Å²) >= 11 is 0. The molecule has 6 atom stereocenters. The van der Waals surface area contributed by atoms with E-state index in [9.17, 15) is 9.18 Å². The van der Waals surface area contributed by atoms with Gasteiger partial charge in [-0.2, -0.15) is 0 Å². The van der Waals surface area contributed by atoms with Gasteiger partial charge in [-0.15, -0.1) is 0 Å². The van der Waals surface area contributed by atoms with E-state index in [1.54, 1.807) is 19.4 Å². The van der Waals surface area contributed by atoms with Gasteiger partial charge in [-0.25, -0.2) is 4.39 Å². The molecule has 0 spiro atoms. The van der Waals surface area contributed by atoms with Crippen molar-refractivity contribution in [1.82, 2.24) is 4.98 Å². The fraction of sp³-hybridized carbons (Fsp3) is 0.429. The van der Waals surface area contributed by atoms with Crippen molar-refractivity contribution in [3.8, 4) is 11.1 Å². The van der Waals surface area contributed by atoms with Gasteiger partial charge in [0.25, 0.3) is 0 Å². The van der Waals surface area contributed by atoms with Crippen molar-refractivity contribution >= 4 is 12.0 Å². The number of hydrogen-bond acceptors (Lipinski definition) is 4. The van der Waals surface area contributed by atoms with Crippen molar-refractivity contribution in [2.24, 2.45) is 29.6 Å². The largest absolute Gasteiger partial charge is 0.504 e. The highest BCUT2D eigenvalue weighted by Gasteiger charge is 2.54. The number of cyclic esters (lactones) is 1. The second-order valence-corrected chi connectivity index (χ2v) is 9.66. The van der Waals surface area contributed by atoms with Crippen LogP contribution in [-0.2, 0) is 14.3 Å². The first kappa shape index (κ1) is 21.9. The molecule has 0 N–H and O–H groups in total. The van der Waals surface area contributed by atoms with E-state index in [1.807, 2.05) is 31.4 Å². The van der Waals surface area contributed by atoms with Crippen LogP contribution in [0.5, 0.6) is 0 Å². The Kier molecular flexibility index (Phi) is 6.05. The summed E-state index contributed by atoms with van der Waals surface area (Å²) in [5, 5.41) is 0. The summed E-state index contributed by atoms with van der Waals surface area (Å²) in [6, 6.07) is 10.5. The molecular formula is C28H30FNO3. The standard InChI is InChI=1S/C28H30FNO3/c1-17-27-25(11-9-23-8-7-20(15-30-23)19-4-3-5-22(29)13-19)24-10-6-18(16-32-2)12-21(24)14-26(27)28(31)33-17/h3-5,7-9,11,13,15-17,21,24-27H,6,10,12,14H2,1-2H3/b11-9+,18-16+. The Hall–Kier alpha value is -2.95. The van der Waals surface area contributed by atoms with Crippen molar-refractivity contribution in [2.45, 2.75) is 38.7 Å². The highest BCUT2D eigenvalue weighted by atomic mass is 19.1. The molecule has 1 saturated heterocycles. The zero-order valence-electron chi connectivity index (χ0n) is 19.1. The molecule has 0 bridgehead atoms. The summed E-state index contributed by atoms with van der Waals surface area (Å²) in [5.41, 5.74) is 3.91. The number of pyridine rings is 1. The number of hydrogen-bond donors (Lipinski definition) is 0. The minimum absolute atomic E-state index is 0.0268. The topological polar surface area (TPSA) is 48.4 Å². The summed E-state index contributed by atoms with van der Waals surface area (Å²) in [6.07, 6.45) is 12.0. The normalized spacial score (nSPS) is 32.5. The first-order valence-electron chi connectivity index (χ1n) is 11.8. The molecule has 172 valence electrons. The number of fused-ring (bicyclic) bond motifs is 2. The van der Waals surface area contributed by atoms with Gasteiger partial charge in [-0.05, 0) is 85.8 Å². The fourth-order valence-electron chi connectivity index (χ4n) is 6.32. The quantitative estimate of drug-likeness (QED) is 0.423. The van der Waals surface area contributed by atoms with Crippen LogP contribution in [0.25, 0.3) is 17.2 Å². The average Bonchev–Trinajstić information content (AvgIpc) is 3.10. The number of aromatic nitrogens is 1. The Bertz CT molecular complexity index is 1080. The Morgan fingerprint density at radius 1 is 1.21 bits per heavy atom. The Balaban J connectivity index is 1.39. The molecule has 2 saturated carbocycles. The second-order valence-electron chi connectivity index (χ2n) is 9.66. The van der Waals surface area contributed by atoms with E-state index in [1.165, 1.54) is 17.7 Å². The van der Waals surface area contributed by atoms with Crippen LogP contribution in [0.1, 0.15) is 38.3 Å². The molecule has 0 radical (unpaired) electrons. The highest BCUT2D eigenvalue weighted by Crippen LogP contribution is 2.54. The maximum Gasteiger partial charge on any atom is 0.309 e. The molecule has 3 fully saturated rings. The molecule has 4 nitrogen and oxygen atoms in total. The molecular weight excluding hydrogens is 417 g/mol. The second kappa shape index (κ2) is 9.12. The number of rotatable bonds is 4. The van der Waals surface area contributed by atoms with Gasteiger partial charge < -0.3 is 9.47 Å². The molecule has 5 heteroatoms. The smallest absolute Gasteiger partial charge is 0.309 e. The molecule has 5 rings (SSSR count). The van der Waals surface area contributed by atoms with Crippen LogP contribution in [0, 0.1) is 35.4 Å². The third kappa shape index (κ3) is 4.33. The number of methoxy groups -OCH3 is 1. The third-order valence-corrected chi connectivity index (χ3v) is 7.75. The van der Waals surface area contributed by atoms with E-state index < -0.39 is 0 Å². The van der Waals surface area contributed by atoms with E-state index in [-0.39, 0.29) is 35.6 Å². The van der Waals surface area contributed by atoms with Gasteiger partial charge in [0.2, 0.25) is 0 Å². The lowest BCUT2D eigenvalue weighted by molar-refractivity contribution is -0.144. The third-order valence-electron chi connectivity index (χ3n) is 7.75. The number of benzene rings is 1. The van der Waals surface area contributed by atoms with Crippen LogP contribution in [0.2, 0.25) is 0 Å². The van der Waals surface area contributed by atoms with Gasteiger partial charge in [0, 0.05) is 17.7 Å². The van der Waals surface area contributed by atoms with Crippen molar-refractivity contribution in [3.05, 3.63) is 72.0 Å². The first-order valence-corrected chi connectivity index (χ1v) is 11.8. The monoisotopic (exact) mass is 447 g/mol. The minimum Gasteiger partial charge on any atom is -0.504 e. The molecule has 1 aromatic carbocycles. The van der Waals surface area contributed by atoms with Crippen LogP contribution in [0.15, 0.2) is 60.5 Å². The number of esters is 1. The van der Waals surface area contributed by atoms with Gasteiger partial charge in [-0.3, -0.25) is 9.78 Å². The number of carbonyl (C=O) groups excluding carboxylic acids is 1. The summed E-state index contributed by atoms with van der Waals surface area (Å²) in [4.78, 5) is 17.2. The van der Waals surface area contributed by atoms with Crippen LogP contribution >= 0.6 is 0 Å². The Labute approximate surface area is 194 Å². The van der Waals surface area contributed by atoms with Crippen LogP contribution in [0.3, 0.4) is 0 Å². The van der Waals surface area contributed by atoms with Gasteiger partial charge >= 0.3 is 5.97 Å². The molecule has 2 aliphatic carbocycles. The molecule has 6 unspecified atom stereocenters. The SMILES string of the molecule is CO/C=C1\CCC2C(C1)CC1C(=O)OC(C)C1C2/C=C/c1ccc(-c2cccc(F)c2)cn1. The molecule has 3 aliphatic rings. The van der Waals surface area contributed by atoms with Crippen molar-refractivity contribution < 1.29 is 18.7 Å². The number of carbonyl (C=O) groups is 1. The summed E-state index contributed by atoms with van der Waals surface area (Å²) in [5.74, 6) is 1.18. The number of halogens is 1. The van der Waals surface area contributed by atoms with Crippen LogP contribution < -0.4 is 0 Å². The zero-order chi connectivity index (χ0) is 22.9. The van der Waals surface area contributed by atoms with Crippen molar-refractivity contribution in [1.29, 1.82) is 0 Å². The molecule has 2 heterocycles. The lowest BCUT2D eigenvalue weighted by Crippen LogP contribution is -2.43. The van der Waals surface area contributed by atoms with Crippen LogP contribution in [0.4, 0.5) is 4.39 Å². The Morgan fingerprint density at radius 3 is 2.85 bits per heavy atom. The highest BCUT2D eigenvalue weighted by molar-refractivity contribution is 5.75. The van der Waals surface area contributed by atoms with Crippen molar-refractivity contribution in [2.75, 3.05) is 7.11 Å². The number of nitrogens with zero attached hydrogens (tertiary/aromatic N) is 1. The fourth-order valence-corrected chi connectivity index (χ4v) is 6.32. The lowest BCUT2D eigenvalue weighted by Gasteiger charge is -2.46. The molecule has 33 heavy (non-hydrogen) atoms. The maximum absolute atomic E-state index is 13.6. The number of ether oxygens (including phenoxy) is 2. The van der Waals surface area contributed by atoms with E-state index >= 15 is 0 Å². The van der Waals surface area contributed by atoms with Crippen molar-refractivity contribution in [3.63, 3.8) is 0 Å². The summed E-state index contributed by atoms with van der Waals surface area (Å²) in [6.45, 7) is 2.04. The lowest BCUT2D eigenvalue weighted by atomic mass is 9.57. The summed E-state index contributed by atoms with van der Waals surface area (Å²) < 4.78 is 24.5. The molecule has 1 aliphatic heterocycles. The average molecular weight is 448 g/mol. The molecule has 2 aromatic rings. The minimum atomic E-state index is -0.253. The van der Waals surface area contributed by atoms with E-state index in [0.29, 0.717) is 11.8 Å². The zero-order valence-corrected chi connectivity index (χ0v) is 19.1. The van der Waals surface area contributed by atoms with Gasteiger partial charge in [0.1, 0.15) is 11.9 Å². The van der Waals surface area contributed by atoms with Gasteiger partial charge in [0.15, 0.2) is 0 Å². The van der Waals surface area contributed by atoms with E-state index in [2.05, 4.69) is 17.1 Å². The predicted molar refractivity (Wildman–Crippen MR) is 125 cm³/mol. The molecule has 1 aromatic heterocycles. The van der Waals surface area contributed by atoms with Gasteiger partial charge in [0.05, 0.1) is 25.0 Å².